The Kier molecular flexibility index (Phi) is 14.2. The topological polar surface area (TPSA) is 159 Å². The van der Waals surface area contributed by atoms with Crippen molar-refractivity contribution in [3.63, 3.8) is 0 Å². The molecule has 2 rings (SSSR count). The van der Waals surface area contributed by atoms with Gasteiger partial charge in [-0.25, -0.2) is 9.97 Å². The van der Waals surface area contributed by atoms with Gasteiger partial charge in [-0.05, 0) is 6.92 Å². The Hall–Kier alpha value is -1.33. The summed E-state index contributed by atoms with van der Waals surface area (Å²) in [5, 5.41) is 24.9. The summed E-state index contributed by atoms with van der Waals surface area (Å²) in [6.45, 7) is 4.21. The molecule has 0 saturated heterocycles. The first-order valence-corrected chi connectivity index (χ1v) is 8.42. The summed E-state index contributed by atoms with van der Waals surface area (Å²) >= 11 is 1.65. The Labute approximate surface area is 178 Å². The van der Waals surface area contributed by atoms with E-state index in [0.717, 1.165) is 11.3 Å². The average Bonchev–Trinajstić information content (AvgIpc) is 2.91. The van der Waals surface area contributed by atoms with Crippen LogP contribution in [0.15, 0.2) is 11.7 Å². The smallest absolute Gasteiger partial charge is 1.00 e. The minimum atomic E-state index is -1.18. The standard InChI is InChI=1S/C12H17N4OS.C3H7NO3.ClH.Mn/c1-8-11(3-4-17)18-7-16(8)6-10-5-14-9(2)15-12(10)13;4-2(1-5)3(6)7;;/h5,7,17H,3-4,6H2,1-2H3,(H2,13,14,15);2,5H,1,4H2,(H,6,7);1H;/q+1;;;+2/p-1. The van der Waals surface area contributed by atoms with Crippen molar-refractivity contribution in [3.05, 3.63) is 33.7 Å². The van der Waals surface area contributed by atoms with Crippen molar-refractivity contribution >= 4 is 23.1 Å². The van der Waals surface area contributed by atoms with Crippen LogP contribution in [0.4, 0.5) is 5.82 Å². The number of carboxylic acids is 1. The minimum absolute atomic E-state index is 0. The molecule has 1 radical (unpaired) electrons. The van der Waals surface area contributed by atoms with E-state index in [2.05, 4.69) is 14.5 Å². The number of aliphatic carboxylic acids is 1. The number of carboxylic acid groups (broad SMARTS) is 1. The second-order valence-corrected chi connectivity index (χ2v) is 6.23. The van der Waals surface area contributed by atoms with Gasteiger partial charge < -0.3 is 39.2 Å². The number of nitrogen functional groups attached to an aromatic ring is 1. The fraction of sp³-hybridized carbons (Fsp3) is 0.467. The van der Waals surface area contributed by atoms with Crippen molar-refractivity contribution in [2.45, 2.75) is 32.9 Å². The van der Waals surface area contributed by atoms with Gasteiger partial charge in [0.25, 0.3) is 0 Å². The molecule has 2 heterocycles. The maximum Gasteiger partial charge on any atom is 2.00 e. The minimum Gasteiger partial charge on any atom is -1.00 e. The van der Waals surface area contributed by atoms with E-state index < -0.39 is 18.6 Å². The summed E-state index contributed by atoms with van der Waals surface area (Å²) in [7, 11) is 0. The fourth-order valence-corrected chi connectivity index (χ4v) is 2.83. The van der Waals surface area contributed by atoms with E-state index in [4.69, 9.17) is 26.8 Å². The van der Waals surface area contributed by atoms with Gasteiger partial charge in [-0.15, -0.1) is 0 Å². The zero-order valence-corrected chi connectivity index (χ0v) is 17.7. The van der Waals surface area contributed by atoms with Gasteiger partial charge in [-0.1, -0.05) is 11.3 Å². The largest absolute Gasteiger partial charge is 2.00 e. The number of hydrogen-bond acceptors (Lipinski definition) is 8. The van der Waals surface area contributed by atoms with Crippen molar-refractivity contribution < 1.29 is 54.2 Å². The molecule has 2 aromatic rings. The molecule has 0 aliphatic rings. The van der Waals surface area contributed by atoms with Gasteiger partial charge in [0.2, 0.25) is 5.51 Å². The number of rotatable bonds is 6. The quantitative estimate of drug-likeness (QED) is 0.215. The van der Waals surface area contributed by atoms with Crippen LogP contribution in [0.5, 0.6) is 0 Å². The van der Waals surface area contributed by atoms with E-state index in [-0.39, 0.29) is 36.1 Å². The van der Waals surface area contributed by atoms with Gasteiger partial charge in [-0.3, -0.25) is 4.79 Å². The Morgan fingerprint density at radius 3 is 2.44 bits per heavy atom. The molecule has 0 bridgehead atoms. The predicted octanol–water partition coefficient (Wildman–Crippen LogP) is -4.00. The van der Waals surface area contributed by atoms with E-state index in [9.17, 15) is 4.79 Å². The predicted molar refractivity (Wildman–Crippen MR) is 93.0 cm³/mol. The van der Waals surface area contributed by atoms with Crippen LogP contribution in [0.25, 0.3) is 0 Å². The van der Waals surface area contributed by atoms with E-state index in [1.54, 1.807) is 17.5 Å². The van der Waals surface area contributed by atoms with Crippen LogP contribution in [0.1, 0.15) is 22.0 Å². The number of anilines is 1. The molecule has 1 atom stereocenters. The van der Waals surface area contributed by atoms with Crippen molar-refractivity contribution in [1.29, 1.82) is 0 Å². The molecular formula is C15H24ClMnN5O4S+2. The number of aromatic nitrogens is 3. The van der Waals surface area contributed by atoms with Gasteiger partial charge in [0.15, 0.2) is 12.2 Å². The van der Waals surface area contributed by atoms with Crippen LogP contribution in [-0.4, -0.2) is 50.5 Å². The summed E-state index contributed by atoms with van der Waals surface area (Å²) < 4.78 is 2.11. The number of aliphatic hydroxyl groups is 2. The first-order valence-electron chi connectivity index (χ1n) is 7.54. The molecule has 0 amide bonds. The molecule has 151 valence electrons. The molecule has 2 aromatic heterocycles. The molecule has 12 heteroatoms. The summed E-state index contributed by atoms with van der Waals surface area (Å²) in [4.78, 5) is 19.2. The molecule has 27 heavy (non-hydrogen) atoms. The Morgan fingerprint density at radius 2 is 2.00 bits per heavy atom. The Bertz CT molecular complexity index is 720. The van der Waals surface area contributed by atoms with E-state index >= 15 is 0 Å². The second kappa shape index (κ2) is 13.8. The van der Waals surface area contributed by atoms with Crippen molar-refractivity contribution in [2.75, 3.05) is 18.9 Å². The van der Waals surface area contributed by atoms with Gasteiger partial charge in [0.05, 0.1) is 17.0 Å². The molecule has 7 N–H and O–H groups in total. The van der Waals surface area contributed by atoms with Crippen LogP contribution in [0.3, 0.4) is 0 Å². The SMILES string of the molecule is Cc1ncc(C[n+]2csc(CCO)c2C)c(N)n1.NC(CO)C(=O)O.[Cl-].[Mn+2]. The van der Waals surface area contributed by atoms with E-state index in [0.29, 0.717) is 24.6 Å². The normalized spacial score (nSPS) is 10.7. The molecule has 0 aromatic carbocycles. The third-order valence-electron chi connectivity index (χ3n) is 3.37. The maximum absolute atomic E-state index is 9.65. The van der Waals surface area contributed by atoms with Gasteiger partial charge in [0, 0.05) is 26.1 Å². The van der Waals surface area contributed by atoms with Gasteiger partial charge in [0.1, 0.15) is 17.7 Å². The monoisotopic (exact) mass is 460 g/mol. The summed E-state index contributed by atoms with van der Waals surface area (Å²) in [6, 6.07) is -1.13. The number of hydrogen-bond donors (Lipinski definition) is 5. The van der Waals surface area contributed by atoms with Crippen LogP contribution in [-0.2, 0) is 34.8 Å². The fourth-order valence-electron chi connectivity index (χ4n) is 1.84. The number of aliphatic hydroxyl groups excluding tert-OH is 2. The molecule has 0 saturated carbocycles. The van der Waals surface area contributed by atoms with Crippen LogP contribution in [0, 0.1) is 13.8 Å². The maximum atomic E-state index is 9.65. The number of halogens is 1. The third kappa shape index (κ3) is 8.93. The third-order valence-corrected chi connectivity index (χ3v) is 4.51. The first kappa shape index (κ1) is 27.9. The molecule has 0 aliphatic carbocycles. The average molecular weight is 461 g/mol. The molecule has 0 spiro atoms. The van der Waals surface area contributed by atoms with Crippen LogP contribution in [0.2, 0.25) is 0 Å². The molecule has 1 unspecified atom stereocenters. The van der Waals surface area contributed by atoms with Gasteiger partial charge >= 0.3 is 23.0 Å². The number of aryl methyl sites for hydroxylation is 1. The first-order chi connectivity index (χ1) is 11.8. The van der Waals surface area contributed by atoms with Crippen molar-refractivity contribution in [3.8, 4) is 0 Å². The van der Waals surface area contributed by atoms with Crippen molar-refractivity contribution in [1.82, 2.24) is 9.97 Å². The number of carbonyl (C=O) groups is 1. The summed E-state index contributed by atoms with van der Waals surface area (Å²) in [5.41, 5.74) is 14.8. The molecule has 0 fully saturated rings. The molecular weight excluding hydrogens is 437 g/mol. The van der Waals surface area contributed by atoms with Crippen LogP contribution >= 0.6 is 11.3 Å². The van der Waals surface area contributed by atoms with Gasteiger partial charge in [-0.2, -0.15) is 4.57 Å². The summed E-state index contributed by atoms with van der Waals surface area (Å²) in [6.07, 6.45) is 2.47. The second-order valence-electron chi connectivity index (χ2n) is 5.29. The zero-order chi connectivity index (χ0) is 19.0. The van der Waals surface area contributed by atoms with E-state index in [1.165, 1.54) is 4.88 Å². The van der Waals surface area contributed by atoms with Crippen LogP contribution < -0.4 is 28.4 Å². The van der Waals surface area contributed by atoms with Crippen molar-refractivity contribution in [2.24, 2.45) is 5.73 Å². The zero-order valence-electron chi connectivity index (χ0n) is 15.0. The Balaban J connectivity index is 0. The molecule has 0 aliphatic heterocycles. The Morgan fingerprint density at radius 1 is 1.37 bits per heavy atom. The number of nitrogens with zero attached hydrogens (tertiary/aromatic N) is 3. The number of nitrogens with two attached hydrogens (primary N) is 2. The molecule has 9 nitrogen and oxygen atoms in total. The van der Waals surface area contributed by atoms with E-state index in [1.807, 2.05) is 19.4 Å². The summed E-state index contributed by atoms with van der Waals surface area (Å²) in [5.74, 6) is 0.0380. The number of thiazole rings is 1.